The van der Waals surface area contributed by atoms with Gasteiger partial charge in [-0.2, -0.15) is 0 Å². The van der Waals surface area contributed by atoms with Gasteiger partial charge in [0, 0.05) is 13.1 Å². The van der Waals surface area contributed by atoms with Crippen molar-refractivity contribution in [3.8, 4) is 16.9 Å². The highest BCUT2D eigenvalue weighted by atomic mass is 79.9. The van der Waals surface area contributed by atoms with Gasteiger partial charge in [-0.3, -0.25) is 4.79 Å². The Morgan fingerprint density at radius 2 is 1.67 bits per heavy atom. The predicted molar refractivity (Wildman–Crippen MR) is 102 cm³/mol. The van der Waals surface area contributed by atoms with E-state index < -0.39 is 0 Å². The lowest BCUT2D eigenvalue weighted by molar-refractivity contribution is -0.133. The van der Waals surface area contributed by atoms with Crippen LogP contribution in [0.5, 0.6) is 5.75 Å². The monoisotopic (exact) mass is 389 g/mol. The minimum absolute atomic E-state index is 0.0396. The van der Waals surface area contributed by atoms with Crippen LogP contribution in [0.3, 0.4) is 0 Å². The van der Waals surface area contributed by atoms with Crippen molar-refractivity contribution in [2.24, 2.45) is 0 Å². The Morgan fingerprint density at radius 3 is 2.25 bits per heavy atom. The van der Waals surface area contributed by atoms with Gasteiger partial charge in [-0.15, -0.1) is 0 Å². The van der Waals surface area contributed by atoms with Crippen LogP contribution in [-0.4, -0.2) is 30.5 Å². The van der Waals surface area contributed by atoms with Gasteiger partial charge in [-0.05, 0) is 52.0 Å². The quantitative estimate of drug-likeness (QED) is 0.624. The third kappa shape index (κ3) is 5.10. The smallest absolute Gasteiger partial charge is 0.260 e. The molecule has 4 heteroatoms. The Hall–Kier alpha value is -1.81. The molecule has 2 aromatic carbocycles. The van der Waals surface area contributed by atoms with Gasteiger partial charge < -0.3 is 9.64 Å². The molecule has 0 aromatic heterocycles. The molecule has 0 spiro atoms. The van der Waals surface area contributed by atoms with Crippen LogP contribution >= 0.6 is 15.9 Å². The number of carbonyl (C=O) groups excluding carboxylic acids is 1. The molecule has 24 heavy (non-hydrogen) atoms. The van der Waals surface area contributed by atoms with E-state index in [1.807, 2.05) is 41.3 Å². The summed E-state index contributed by atoms with van der Waals surface area (Å²) in [6.45, 7) is 5.79. The third-order valence-corrected chi connectivity index (χ3v) is 4.35. The van der Waals surface area contributed by atoms with E-state index in [0.717, 1.165) is 41.5 Å². The van der Waals surface area contributed by atoms with Gasteiger partial charge in [-0.1, -0.05) is 50.2 Å². The zero-order chi connectivity index (χ0) is 17.4. The number of ether oxygens (including phenoxy) is 1. The van der Waals surface area contributed by atoms with E-state index in [9.17, 15) is 4.79 Å². The molecule has 0 heterocycles. The number of hydrogen-bond donors (Lipinski definition) is 0. The number of carbonyl (C=O) groups is 1. The summed E-state index contributed by atoms with van der Waals surface area (Å²) in [5, 5.41) is 0. The van der Waals surface area contributed by atoms with Crippen LogP contribution in [0.2, 0.25) is 0 Å². The average molecular weight is 390 g/mol. The molecule has 0 aliphatic heterocycles. The van der Waals surface area contributed by atoms with E-state index in [0.29, 0.717) is 5.75 Å². The first-order valence-corrected chi connectivity index (χ1v) is 9.20. The summed E-state index contributed by atoms with van der Waals surface area (Å²) in [5.41, 5.74) is 2.26. The highest BCUT2D eigenvalue weighted by molar-refractivity contribution is 9.10. The number of hydrogen-bond acceptors (Lipinski definition) is 2. The number of amides is 1. The predicted octanol–water partition coefficient (Wildman–Crippen LogP) is 5.14. The van der Waals surface area contributed by atoms with Gasteiger partial charge in [0.1, 0.15) is 5.75 Å². The summed E-state index contributed by atoms with van der Waals surface area (Å²) in [7, 11) is 0. The van der Waals surface area contributed by atoms with Crippen molar-refractivity contribution in [2.75, 3.05) is 19.7 Å². The molecule has 0 unspecified atom stereocenters. The lowest BCUT2D eigenvalue weighted by Crippen LogP contribution is -2.36. The van der Waals surface area contributed by atoms with Crippen molar-refractivity contribution in [2.45, 2.75) is 26.7 Å². The van der Waals surface area contributed by atoms with E-state index in [4.69, 9.17) is 4.74 Å². The van der Waals surface area contributed by atoms with Crippen LogP contribution in [0.1, 0.15) is 26.7 Å². The Labute approximate surface area is 152 Å². The van der Waals surface area contributed by atoms with Crippen LogP contribution in [0.4, 0.5) is 0 Å². The van der Waals surface area contributed by atoms with Crippen LogP contribution in [-0.2, 0) is 4.79 Å². The van der Waals surface area contributed by atoms with Crippen LogP contribution in [0.25, 0.3) is 11.1 Å². The lowest BCUT2D eigenvalue weighted by Gasteiger charge is -2.21. The number of halogens is 1. The maximum absolute atomic E-state index is 12.3. The summed E-state index contributed by atoms with van der Waals surface area (Å²) >= 11 is 3.54. The summed E-state index contributed by atoms with van der Waals surface area (Å²) in [5.74, 6) is 0.730. The van der Waals surface area contributed by atoms with Crippen molar-refractivity contribution in [3.05, 3.63) is 53.0 Å². The van der Waals surface area contributed by atoms with Crippen molar-refractivity contribution in [1.29, 1.82) is 0 Å². The molecule has 2 rings (SSSR count). The number of nitrogens with zero attached hydrogens (tertiary/aromatic N) is 1. The molecule has 0 bridgehead atoms. The zero-order valence-electron chi connectivity index (χ0n) is 14.3. The maximum atomic E-state index is 12.3. The molecule has 1 amide bonds. The Bertz CT molecular complexity index is 652. The standard InChI is InChI=1S/C20H24BrNO2/c1-3-12-22(13-4-2)20(23)15-24-19-11-10-17(14-18(19)21)16-8-6-5-7-9-16/h5-11,14H,3-4,12-13,15H2,1-2H3. The maximum Gasteiger partial charge on any atom is 0.260 e. The van der Waals surface area contributed by atoms with Gasteiger partial charge in [-0.25, -0.2) is 0 Å². The molecular formula is C20H24BrNO2. The zero-order valence-corrected chi connectivity index (χ0v) is 15.9. The largest absolute Gasteiger partial charge is 0.483 e. The molecule has 0 aliphatic rings. The summed E-state index contributed by atoms with van der Waals surface area (Å²) in [6.07, 6.45) is 1.92. The molecule has 3 nitrogen and oxygen atoms in total. The second-order valence-corrected chi connectivity index (χ2v) is 6.54. The molecule has 0 fully saturated rings. The van der Waals surface area contributed by atoms with Gasteiger partial charge in [0.15, 0.2) is 6.61 Å². The Balaban J connectivity index is 2.01. The minimum atomic E-state index is 0.0396. The van der Waals surface area contributed by atoms with Crippen molar-refractivity contribution < 1.29 is 9.53 Å². The molecule has 0 radical (unpaired) electrons. The lowest BCUT2D eigenvalue weighted by atomic mass is 10.1. The van der Waals surface area contributed by atoms with E-state index in [-0.39, 0.29) is 12.5 Å². The van der Waals surface area contributed by atoms with E-state index in [2.05, 4.69) is 41.9 Å². The Morgan fingerprint density at radius 1 is 1.00 bits per heavy atom. The summed E-state index contributed by atoms with van der Waals surface area (Å²) in [4.78, 5) is 14.1. The number of rotatable bonds is 8. The SMILES string of the molecule is CCCN(CCC)C(=O)COc1ccc(-c2ccccc2)cc1Br. The molecular weight excluding hydrogens is 366 g/mol. The van der Waals surface area contributed by atoms with Crippen LogP contribution in [0.15, 0.2) is 53.0 Å². The molecule has 0 aliphatic carbocycles. The molecule has 0 saturated carbocycles. The topological polar surface area (TPSA) is 29.5 Å². The fourth-order valence-corrected chi connectivity index (χ4v) is 3.05. The third-order valence-electron chi connectivity index (χ3n) is 3.73. The number of benzene rings is 2. The van der Waals surface area contributed by atoms with Crippen LogP contribution < -0.4 is 4.74 Å². The Kier molecular flexibility index (Phi) is 7.32. The fraction of sp³-hybridized carbons (Fsp3) is 0.350. The highest BCUT2D eigenvalue weighted by Crippen LogP contribution is 2.30. The first-order valence-electron chi connectivity index (χ1n) is 8.41. The second-order valence-electron chi connectivity index (χ2n) is 5.68. The van der Waals surface area contributed by atoms with Crippen molar-refractivity contribution in [3.63, 3.8) is 0 Å². The van der Waals surface area contributed by atoms with Crippen molar-refractivity contribution >= 4 is 21.8 Å². The fourth-order valence-electron chi connectivity index (χ4n) is 2.56. The van der Waals surface area contributed by atoms with E-state index in [1.165, 1.54) is 0 Å². The van der Waals surface area contributed by atoms with Crippen molar-refractivity contribution in [1.82, 2.24) is 4.90 Å². The van der Waals surface area contributed by atoms with Crippen LogP contribution in [0, 0.1) is 0 Å². The molecule has 2 aromatic rings. The molecule has 0 saturated heterocycles. The molecule has 0 N–H and O–H groups in total. The second kappa shape index (κ2) is 9.48. The van der Waals surface area contributed by atoms with Gasteiger partial charge in [0.25, 0.3) is 5.91 Å². The molecule has 128 valence electrons. The highest BCUT2D eigenvalue weighted by Gasteiger charge is 2.13. The van der Waals surface area contributed by atoms with Gasteiger partial charge >= 0.3 is 0 Å². The normalized spacial score (nSPS) is 10.5. The minimum Gasteiger partial charge on any atom is -0.483 e. The average Bonchev–Trinajstić information content (AvgIpc) is 2.61. The van der Waals surface area contributed by atoms with Gasteiger partial charge in [0.05, 0.1) is 4.47 Å². The first kappa shape index (κ1) is 18.5. The molecule has 0 atom stereocenters. The van der Waals surface area contributed by atoms with E-state index >= 15 is 0 Å². The van der Waals surface area contributed by atoms with E-state index in [1.54, 1.807) is 0 Å². The summed E-state index contributed by atoms with van der Waals surface area (Å²) in [6, 6.07) is 16.1. The first-order chi connectivity index (χ1) is 11.7. The van der Waals surface area contributed by atoms with Gasteiger partial charge in [0.2, 0.25) is 0 Å². The summed E-state index contributed by atoms with van der Waals surface area (Å²) < 4.78 is 6.58.